The molecule has 1 fully saturated rings. The van der Waals surface area contributed by atoms with Gasteiger partial charge in [-0.15, -0.1) is 0 Å². The van der Waals surface area contributed by atoms with Crippen molar-refractivity contribution in [3.63, 3.8) is 0 Å². The van der Waals surface area contributed by atoms with Crippen LogP contribution in [-0.4, -0.2) is 47.9 Å². The maximum absolute atomic E-state index is 12.5. The summed E-state index contributed by atoms with van der Waals surface area (Å²) in [5, 5.41) is 3.77. The summed E-state index contributed by atoms with van der Waals surface area (Å²) < 4.78 is 5.37. The summed E-state index contributed by atoms with van der Waals surface area (Å²) in [6, 6.07) is 8.99. The number of carbonyl (C=O) groups excluding carboxylic acids is 2. The van der Waals surface area contributed by atoms with E-state index in [2.05, 4.69) is 10.3 Å². The Labute approximate surface area is 140 Å². The summed E-state index contributed by atoms with van der Waals surface area (Å²) in [6.45, 7) is 3.32. The number of likely N-dealkylation sites (tertiary alicyclic amines) is 1. The van der Waals surface area contributed by atoms with Gasteiger partial charge in [0, 0.05) is 31.0 Å². The van der Waals surface area contributed by atoms with Gasteiger partial charge in [-0.1, -0.05) is 19.1 Å². The molecule has 1 aliphatic rings. The lowest BCUT2D eigenvalue weighted by Gasteiger charge is -2.16. The molecule has 0 aliphatic carbocycles. The maximum atomic E-state index is 12.5. The van der Waals surface area contributed by atoms with Crippen molar-refractivity contribution in [1.29, 1.82) is 0 Å². The zero-order chi connectivity index (χ0) is 17.1. The zero-order valence-corrected chi connectivity index (χ0v) is 13.9. The van der Waals surface area contributed by atoms with Gasteiger partial charge in [-0.05, 0) is 18.6 Å². The van der Waals surface area contributed by atoms with Crippen molar-refractivity contribution in [2.24, 2.45) is 0 Å². The van der Waals surface area contributed by atoms with Crippen LogP contribution in [0.25, 0.3) is 10.9 Å². The number of hydrogen-bond donors (Lipinski definition) is 1. The summed E-state index contributed by atoms with van der Waals surface area (Å²) in [4.78, 5) is 30.6. The predicted octanol–water partition coefficient (Wildman–Crippen LogP) is 1.98. The van der Waals surface area contributed by atoms with E-state index in [1.165, 1.54) is 0 Å². The molecule has 1 aromatic heterocycles. The number of carbonyl (C=O) groups is 2. The van der Waals surface area contributed by atoms with Crippen molar-refractivity contribution in [3.05, 3.63) is 36.0 Å². The minimum atomic E-state index is -0.282. The first-order chi connectivity index (χ1) is 11.6. The minimum absolute atomic E-state index is 0.0891. The van der Waals surface area contributed by atoms with Crippen LogP contribution in [0.4, 0.5) is 0 Å². The van der Waals surface area contributed by atoms with Crippen LogP contribution in [0.5, 0.6) is 5.75 Å². The highest BCUT2D eigenvalue weighted by molar-refractivity contribution is 5.97. The van der Waals surface area contributed by atoms with Crippen LogP contribution in [0.2, 0.25) is 0 Å². The topological polar surface area (TPSA) is 71.5 Å². The lowest BCUT2D eigenvalue weighted by Crippen LogP contribution is -2.37. The molecule has 126 valence electrons. The number of methoxy groups -OCH3 is 1. The number of benzene rings is 1. The lowest BCUT2D eigenvalue weighted by atomic mass is 10.1. The monoisotopic (exact) mass is 327 g/mol. The van der Waals surface area contributed by atoms with Crippen molar-refractivity contribution in [3.8, 4) is 5.75 Å². The van der Waals surface area contributed by atoms with E-state index in [0.29, 0.717) is 29.9 Å². The Balaban J connectivity index is 1.78. The number of para-hydroxylation sites is 1. The highest BCUT2D eigenvalue weighted by Gasteiger charge is 2.30. The van der Waals surface area contributed by atoms with Crippen LogP contribution in [0.15, 0.2) is 30.3 Å². The third-order valence-electron chi connectivity index (χ3n) is 4.17. The van der Waals surface area contributed by atoms with E-state index < -0.39 is 0 Å². The Bertz CT molecular complexity index is 775. The van der Waals surface area contributed by atoms with Gasteiger partial charge in [0.2, 0.25) is 5.91 Å². The zero-order valence-electron chi connectivity index (χ0n) is 13.9. The highest BCUT2D eigenvalue weighted by Crippen LogP contribution is 2.25. The minimum Gasteiger partial charge on any atom is -0.496 e. The molecule has 1 N–H and O–H groups in total. The maximum Gasteiger partial charge on any atom is 0.270 e. The van der Waals surface area contributed by atoms with E-state index in [1.807, 2.05) is 31.2 Å². The first-order valence-electron chi connectivity index (χ1n) is 8.14. The molecule has 0 spiro atoms. The number of hydrogen-bond acceptors (Lipinski definition) is 4. The SMILES string of the molecule is CCCN1CC(NC(=O)c2cc(OC)c3ccccc3n2)CC1=O. The smallest absolute Gasteiger partial charge is 0.270 e. The summed E-state index contributed by atoms with van der Waals surface area (Å²) in [5.41, 5.74) is 1.00. The highest BCUT2D eigenvalue weighted by atomic mass is 16.5. The quantitative estimate of drug-likeness (QED) is 0.911. The van der Waals surface area contributed by atoms with Gasteiger partial charge in [0.05, 0.1) is 18.7 Å². The Kier molecular flexibility index (Phi) is 4.64. The first-order valence-corrected chi connectivity index (χ1v) is 8.14. The van der Waals surface area contributed by atoms with Gasteiger partial charge in [0.1, 0.15) is 11.4 Å². The number of aromatic nitrogens is 1. The molecule has 6 nitrogen and oxygen atoms in total. The molecule has 2 amide bonds. The number of nitrogens with zero attached hydrogens (tertiary/aromatic N) is 2. The van der Waals surface area contributed by atoms with Crippen LogP contribution < -0.4 is 10.1 Å². The van der Waals surface area contributed by atoms with Crippen molar-refractivity contribution >= 4 is 22.7 Å². The second-order valence-electron chi connectivity index (χ2n) is 5.94. The van der Waals surface area contributed by atoms with E-state index in [-0.39, 0.29) is 17.9 Å². The number of rotatable bonds is 5. The molecule has 1 unspecified atom stereocenters. The van der Waals surface area contributed by atoms with Crippen LogP contribution in [-0.2, 0) is 4.79 Å². The number of pyridine rings is 1. The van der Waals surface area contributed by atoms with Gasteiger partial charge in [-0.25, -0.2) is 4.98 Å². The van der Waals surface area contributed by atoms with Crippen LogP contribution >= 0.6 is 0 Å². The molecule has 1 aliphatic heterocycles. The second kappa shape index (κ2) is 6.86. The van der Waals surface area contributed by atoms with Crippen molar-refractivity contribution in [1.82, 2.24) is 15.2 Å². The number of amides is 2. The Morgan fingerprint density at radius 1 is 1.42 bits per heavy atom. The normalized spacial score (nSPS) is 17.3. The Morgan fingerprint density at radius 2 is 2.21 bits per heavy atom. The fourth-order valence-corrected chi connectivity index (χ4v) is 3.04. The molecular weight excluding hydrogens is 306 g/mol. The summed E-state index contributed by atoms with van der Waals surface area (Å²) in [6.07, 6.45) is 1.26. The number of ether oxygens (including phenoxy) is 1. The molecule has 0 bridgehead atoms. The largest absolute Gasteiger partial charge is 0.496 e. The van der Waals surface area contributed by atoms with Gasteiger partial charge in [0.15, 0.2) is 0 Å². The fraction of sp³-hybridized carbons (Fsp3) is 0.389. The van der Waals surface area contributed by atoms with Crippen LogP contribution in [0, 0.1) is 0 Å². The molecular formula is C18H21N3O3. The third kappa shape index (κ3) is 3.18. The standard InChI is InChI=1S/C18H21N3O3/c1-3-8-21-11-12(9-17(21)22)19-18(23)15-10-16(24-2)13-6-4-5-7-14(13)20-15/h4-7,10,12H,3,8-9,11H2,1-2H3,(H,19,23). The van der Waals surface area contributed by atoms with E-state index in [1.54, 1.807) is 18.1 Å². The van der Waals surface area contributed by atoms with Gasteiger partial charge in [-0.2, -0.15) is 0 Å². The molecule has 6 heteroatoms. The van der Waals surface area contributed by atoms with Gasteiger partial charge >= 0.3 is 0 Å². The average Bonchev–Trinajstić information content (AvgIpc) is 2.93. The molecule has 24 heavy (non-hydrogen) atoms. The molecule has 2 heterocycles. The Morgan fingerprint density at radius 3 is 2.96 bits per heavy atom. The number of nitrogens with one attached hydrogen (secondary N) is 1. The average molecular weight is 327 g/mol. The van der Waals surface area contributed by atoms with Crippen LogP contribution in [0.3, 0.4) is 0 Å². The van der Waals surface area contributed by atoms with E-state index in [9.17, 15) is 9.59 Å². The van der Waals surface area contributed by atoms with E-state index in [4.69, 9.17) is 4.74 Å². The van der Waals surface area contributed by atoms with E-state index in [0.717, 1.165) is 18.4 Å². The molecule has 2 aromatic rings. The predicted molar refractivity (Wildman–Crippen MR) is 91.0 cm³/mol. The molecule has 1 aromatic carbocycles. The second-order valence-corrected chi connectivity index (χ2v) is 5.94. The lowest BCUT2D eigenvalue weighted by molar-refractivity contribution is -0.127. The molecule has 0 radical (unpaired) electrons. The van der Waals surface area contributed by atoms with Crippen molar-refractivity contribution < 1.29 is 14.3 Å². The number of fused-ring (bicyclic) bond motifs is 1. The summed E-state index contributed by atoms with van der Waals surface area (Å²) >= 11 is 0. The van der Waals surface area contributed by atoms with E-state index >= 15 is 0 Å². The van der Waals surface area contributed by atoms with Crippen molar-refractivity contribution in [2.45, 2.75) is 25.8 Å². The van der Waals surface area contributed by atoms with Crippen LogP contribution in [0.1, 0.15) is 30.3 Å². The molecule has 1 saturated heterocycles. The molecule has 3 rings (SSSR count). The summed E-state index contributed by atoms with van der Waals surface area (Å²) in [7, 11) is 1.57. The fourth-order valence-electron chi connectivity index (χ4n) is 3.04. The summed E-state index contributed by atoms with van der Waals surface area (Å²) in [5.74, 6) is 0.419. The van der Waals surface area contributed by atoms with Gasteiger partial charge < -0.3 is 15.0 Å². The molecule has 0 saturated carbocycles. The first kappa shape index (κ1) is 16.2. The third-order valence-corrected chi connectivity index (χ3v) is 4.17. The molecule has 1 atom stereocenters. The van der Waals surface area contributed by atoms with Gasteiger partial charge in [0.25, 0.3) is 5.91 Å². The van der Waals surface area contributed by atoms with Gasteiger partial charge in [-0.3, -0.25) is 9.59 Å². The Hall–Kier alpha value is -2.63. The van der Waals surface area contributed by atoms with Crippen molar-refractivity contribution in [2.75, 3.05) is 20.2 Å².